The lowest BCUT2D eigenvalue weighted by Crippen LogP contribution is -2.16. The molecule has 0 saturated heterocycles. The van der Waals surface area contributed by atoms with Crippen molar-refractivity contribution in [1.29, 1.82) is 0 Å². The fraction of sp³-hybridized carbons (Fsp3) is 0.308. The van der Waals surface area contributed by atoms with Crippen molar-refractivity contribution in [1.82, 2.24) is 9.97 Å². The van der Waals surface area contributed by atoms with Gasteiger partial charge in [0.25, 0.3) is 0 Å². The number of hydrogen-bond donors (Lipinski definition) is 3. The zero-order valence-electron chi connectivity index (χ0n) is 10.5. The molecule has 100 valence electrons. The Hall–Kier alpha value is -2.37. The number of aromatic amines is 1. The summed E-state index contributed by atoms with van der Waals surface area (Å²) in [6.45, 7) is 1.91. The van der Waals surface area contributed by atoms with E-state index >= 15 is 0 Å². The van der Waals surface area contributed by atoms with Crippen LogP contribution in [0.5, 0.6) is 11.5 Å². The van der Waals surface area contributed by atoms with Crippen molar-refractivity contribution in [3.63, 3.8) is 0 Å². The molecule has 2 heterocycles. The maximum Gasteiger partial charge on any atom is 0.163 e. The lowest BCUT2D eigenvalue weighted by molar-refractivity contribution is 0.172. The molecule has 0 atom stereocenters. The van der Waals surface area contributed by atoms with Crippen LogP contribution >= 0.6 is 0 Å². The molecule has 6 heteroatoms. The highest BCUT2D eigenvalue weighted by Gasteiger charge is 2.14. The van der Waals surface area contributed by atoms with Gasteiger partial charge < -0.3 is 25.5 Å². The maximum absolute atomic E-state index is 5.99. The van der Waals surface area contributed by atoms with Crippen LogP contribution in [0.3, 0.4) is 0 Å². The predicted molar refractivity (Wildman–Crippen MR) is 72.6 cm³/mol. The second-order valence-corrected chi connectivity index (χ2v) is 4.34. The normalized spacial score (nSPS) is 13.3. The molecule has 0 aliphatic carbocycles. The van der Waals surface area contributed by atoms with Crippen LogP contribution in [0.2, 0.25) is 0 Å². The van der Waals surface area contributed by atoms with Gasteiger partial charge in [0.1, 0.15) is 13.2 Å². The Morgan fingerprint density at radius 1 is 1.26 bits per heavy atom. The molecule has 0 unspecified atom stereocenters. The minimum atomic E-state index is 0.568. The molecule has 2 aromatic rings. The van der Waals surface area contributed by atoms with E-state index in [0.717, 1.165) is 30.1 Å². The highest BCUT2D eigenvalue weighted by atomic mass is 16.6. The predicted octanol–water partition coefficient (Wildman–Crippen LogP) is 1.42. The van der Waals surface area contributed by atoms with Crippen LogP contribution in [-0.4, -0.2) is 29.7 Å². The van der Waals surface area contributed by atoms with E-state index in [1.54, 1.807) is 12.4 Å². The zero-order chi connectivity index (χ0) is 13.1. The van der Waals surface area contributed by atoms with Crippen molar-refractivity contribution < 1.29 is 9.47 Å². The molecule has 0 radical (unpaired) electrons. The van der Waals surface area contributed by atoms with Gasteiger partial charge in [-0.3, -0.25) is 0 Å². The van der Waals surface area contributed by atoms with E-state index < -0.39 is 0 Å². The third kappa shape index (κ3) is 2.57. The molecular formula is C13H16N4O2. The van der Waals surface area contributed by atoms with Crippen LogP contribution < -0.4 is 20.5 Å². The van der Waals surface area contributed by atoms with E-state index in [2.05, 4.69) is 15.3 Å². The Balaban J connectivity index is 1.67. The first-order chi connectivity index (χ1) is 9.33. The van der Waals surface area contributed by atoms with Crippen molar-refractivity contribution in [2.75, 3.05) is 30.8 Å². The number of H-pyrrole nitrogens is 1. The summed E-state index contributed by atoms with van der Waals surface area (Å²) in [6, 6.07) is 3.68. The van der Waals surface area contributed by atoms with Gasteiger partial charge in [-0.2, -0.15) is 0 Å². The smallest absolute Gasteiger partial charge is 0.163 e. The molecule has 1 aromatic heterocycles. The molecular weight excluding hydrogens is 244 g/mol. The molecule has 6 nitrogen and oxygen atoms in total. The van der Waals surface area contributed by atoms with Crippen molar-refractivity contribution in [3.05, 3.63) is 30.4 Å². The maximum atomic E-state index is 5.99. The third-order valence-electron chi connectivity index (χ3n) is 2.98. The van der Waals surface area contributed by atoms with Crippen LogP contribution in [0.25, 0.3) is 0 Å². The van der Waals surface area contributed by atoms with Gasteiger partial charge >= 0.3 is 0 Å². The molecule has 3 rings (SSSR count). The average molecular weight is 260 g/mol. The van der Waals surface area contributed by atoms with Crippen LogP contribution in [0, 0.1) is 0 Å². The van der Waals surface area contributed by atoms with Gasteiger partial charge in [-0.25, -0.2) is 4.98 Å². The van der Waals surface area contributed by atoms with Crippen molar-refractivity contribution in [3.8, 4) is 11.5 Å². The summed E-state index contributed by atoms with van der Waals surface area (Å²) >= 11 is 0. The quantitative estimate of drug-likeness (QED) is 0.724. The molecule has 0 amide bonds. The number of rotatable bonds is 4. The molecule has 0 spiro atoms. The van der Waals surface area contributed by atoms with Gasteiger partial charge in [0.05, 0.1) is 17.7 Å². The number of hydrogen-bond acceptors (Lipinski definition) is 5. The third-order valence-corrected chi connectivity index (χ3v) is 2.98. The molecule has 0 saturated carbocycles. The first-order valence-corrected chi connectivity index (χ1v) is 6.23. The number of anilines is 2. The molecule has 19 heavy (non-hydrogen) atoms. The number of ether oxygens (including phenoxy) is 2. The van der Waals surface area contributed by atoms with E-state index in [1.165, 1.54) is 0 Å². The van der Waals surface area contributed by atoms with E-state index in [4.69, 9.17) is 15.2 Å². The van der Waals surface area contributed by atoms with E-state index in [1.807, 2.05) is 12.3 Å². The summed E-state index contributed by atoms with van der Waals surface area (Å²) in [5.74, 6) is 1.45. The Kier molecular flexibility index (Phi) is 3.14. The summed E-state index contributed by atoms with van der Waals surface area (Å²) in [5, 5.41) is 3.29. The number of nitrogens with two attached hydrogens (primary N) is 1. The molecule has 0 bridgehead atoms. The van der Waals surface area contributed by atoms with Crippen molar-refractivity contribution in [2.45, 2.75) is 6.42 Å². The minimum Gasteiger partial charge on any atom is -0.486 e. The standard InChI is InChI=1S/C13H16N4O2/c14-10-5-12-13(19-4-3-18-12)6-11(10)16-2-1-9-7-15-8-17-9/h5-8,16H,1-4,14H2,(H,15,17). The second-order valence-electron chi connectivity index (χ2n) is 4.34. The summed E-state index contributed by atoms with van der Waals surface area (Å²) in [6.07, 6.45) is 4.34. The topological polar surface area (TPSA) is 85.2 Å². The Bertz CT molecular complexity index is 554. The highest BCUT2D eigenvalue weighted by Crippen LogP contribution is 2.36. The van der Waals surface area contributed by atoms with Crippen molar-refractivity contribution >= 4 is 11.4 Å². The summed E-state index contributed by atoms with van der Waals surface area (Å²) in [7, 11) is 0. The fourth-order valence-electron chi connectivity index (χ4n) is 2.01. The first-order valence-electron chi connectivity index (χ1n) is 6.23. The number of nitrogens with one attached hydrogen (secondary N) is 2. The SMILES string of the molecule is Nc1cc2c(cc1NCCc1cnc[nH]1)OCCO2. The summed E-state index contributed by atoms with van der Waals surface area (Å²) < 4.78 is 11.0. The van der Waals surface area contributed by atoms with E-state index in [0.29, 0.717) is 24.7 Å². The van der Waals surface area contributed by atoms with E-state index in [-0.39, 0.29) is 0 Å². The van der Waals surface area contributed by atoms with Gasteiger partial charge in [-0.1, -0.05) is 0 Å². The van der Waals surface area contributed by atoms with Gasteiger partial charge in [-0.15, -0.1) is 0 Å². The van der Waals surface area contributed by atoms with Crippen molar-refractivity contribution in [2.24, 2.45) is 0 Å². The molecule has 1 aliphatic heterocycles. The number of imidazole rings is 1. The second kappa shape index (κ2) is 5.09. The Morgan fingerprint density at radius 3 is 2.79 bits per heavy atom. The minimum absolute atomic E-state index is 0.568. The Morgan fingerprint density at radius 2 is 2.05 bits per heavy atom. The van der Waals surface area contributed by atoms with Gasteiger partial charge in [0, 0.05) is 37.0 Å². The number of nitrogens with zero attached hydrogens (tertiary/aromatic N) is 1. The summed E-state index contributed by atoms with van der Waals surface area (Å²) in [5.41, 5.74) is 8.60. The first kappa shape index (κ1) is 11.7. The molecule has 4 N–H and O–H groups in total. The Labute approximate surface area is 110 Å². The lowest BCUT2D eigenvalue weighted by atomic mass is 10.2. The number of fused-ring (bicyclic) bond motifs is 1. The zero-order valence-corrected chi connectivity index (χ0v) is 10.5. The largest absolute Gasteiger partial charge is 0.486 e. The number of benzene rings is 1. The van der Waals surface area contributed by atoms with Gasteiger partial charge in [0.2, 0.25) is 0 Å². The number of aromatic nitrogens is 2. The van der Waals surface area contributed by atoms with Gasteiger partial charge in [-0.05, 0) is 0 Å². The average Bonchev–Trinajstić information content (AvgIpc) is 2.92. The van der Waals surface area contributed by atoms with Crippen LogP contribution in [0.15, 0.2) is 24.7 Å². The van der Waals surface area contributed by atoms with E-state index in [9.17, 15) is 0 Å². The fourth-order valence-corrected chi connectivity index (χ4v) is 2.01. The lowest BCUT2D eigenvalue weighted by Gasteiger charge is -2.20. The summed E-state index contributed by atoms with van der Waals surface area (Å²) in [4.78, 5) is 7.04. The monoisotopic (exact) mass is 260 g/mol. The van der Waals surface area contributed by atoms with Crippen LogP contribution in [0.4, 0.5) is 11.4 Å². The molecule has 0 fully saturated rings. The van der Waals surface area contributed by atoms with Crippen LogP contribution in [-0.2, 0) is 6.42 Å². The number of nitrogen functional groups attached to an aromatic ring is 1. The molecule has 1 aliphatic rings. The van der Waals surface area contributed by atoms with Gasteiger partial charge in [0.15, 0.2) is 11.5 Å². The van der Waals surface area contributed by atoms with Crippen LogP contribution in [0.1, 0.15) is 5.69 Å². The highest BCUT2D eigenvalue weighted by molar-refractivity contribution is 5.72. The molecule has 1 aromatic carbocycles.